The van der Waals surface area contributed by atoms with E-state index in [0.717, 1.165) is 70.5 Å². The summed E-state index contributed by atoms with van der Waals surface area (Å²) in [4.78, 5) is 3.30. The first-order valence-electron chi connectivity index (χ1n) is 16.0. The van der Waals surface area contributed by atoms with Crippen molar-refractivity contribution in [3.05, 3.63) is 100 Å². The smallest absolute Gasteiger partial charge is 0.160 e. The van der Waals surface area contributed by atoms with E-state index in [4.69, 9.17) is 18.9 Å². The van der Waals surface area contributed by atoms with Crippen LogP contribution in [0.1, 0.15) is 51.8 Å². The fraction of sp³-hybridized carbons (Fsp3) is 0.316. The van der Waals surface area contributed by atoms with Gasteiger partial charge in [-0.15, -0.1) is 0 Å². The Balaban J connectivity index is 1.28. The van der Waals surface area contributed by atoms with Crippen molar-refractivity contribution in [1.82, 2.24) is 10.3 Å². The number of ether oxygens (including phenoxy) is 4. The second-order valence-electron chi connectivity index (χ2n) is 12.6. The number of rotatable bonds is 7. The van der Waals surface area contributed by atoms with E-state index in [0.29, 0.717) is 25.5 Å². The number of aromatic nitrogens is 1. The van der Waals surface area contributed by atoms with Crippen LogP contribution in [0.25, 0.3) is 22.0 Å². The van der Waals surface area contributed by atoms with Gasteiger partial charge in [0, 0.05) is 34.8 Å². The lowest BCUT2D eigenvalue weighted by atomic mass is 9.72. The summed E-state index contributed by atoms with van der Waals surface area (Å²) >= 11 is 0. The zero-order chi connectivity index (χ0) is 31.4. The minimum absolute atomic E-state index is 0.0846. The molecular weight excluding hydrogens is 580 g/mol. The monoisotopic (exact) mass is 618 g/mol. The molecule has 4 N–H and O–H groups in total. The summed E-state index contributed by atoms with van der Waals surface area (Å²) < 4.78 is 25.4. The molecule has 0 saturated carbocycles. The van der Waals surface area contributed by atoms with Crippen molar-refractivity contribution in [2.75, 3.05) is 27.5 Å². The Morgan fingerprint density at radius 3 is 2.74 bits per heavy atom. The first-order valence-corrected chi connectivity index (χ1v) is 16.0. The molecule has 4 aromatic carbocycles. The fourth-order valence-electron chi connectivity index (χ4n) is 7.71. The van der Waals surface area contributed by atoms with E-state index < -0.39 is 6.10 Å². The lowest BCUT2D eigenvalue weighted by molar-refractivity contribution is -0.0434. The van der Waals surface area contributed by atoms with Crippen LogP contribution in [0.5, 0.6) is 28.7 Å². The second-order valence-corrected chi connectivity index (χ2v) is 12.6. The van der Waals surface area contributed by atoms with Crippen molar-refractivity contribution in [2.45, 2.75) is 50.2 Å². The topological polar surface area (TPSA) is 105 Å². The van der Waals surface area contributed by atoms with Gasteiger partial charge < -0.3 is 34.1 Å². The molecule has 0 fully saturated rings. The Bertz CT molecular complexity index is 1950. The molecular formula is C38H38N2O6. The molecule has 8 heteroatoms. The molecule has 0 radical (unpaired) electrons. The Labute approximate surface area is 267 Å². The minimum atomic E-state index is -0.406. The number of H-pyrrole nitrogens is 1. The van der Waals surface area contributed by atoms with Crippen LogP contribution >= 0.6 is 0 Å². The standard InChI is InChI=1S/C38H38N2O6/c1-39-20-45-34-19-30-29-16-24(15-21-5-9-31-22(14-21)11-12-40-31)28-18-25(41)7-8-26(28)35(29)38-27(4-3-13-44-38)37(30)46-36(34)23-6-10-32(42)33(17-23)43-2/h5-12,14,17-18,24,34,36,39-42H,3-4,13,15-16,19-20H2,1-2H3/t24-,34-,36-/m1/s1. The van der Waals surface area contributed by atoms with Crippen molar-refractivity contribution < 1.29 is 29.2 Å². The Hall–Kier alpha value is -4.66. The van der Waals surface area contributed by atoms with Gasteiger partial charge in [0.25, 0.3) is 0 Å². The van der Waals surface area contributed by atoms with Crippen molar-refractivity contribution >= 4 is 10.9 Å². The third-order valence-corrected chi connectivity index (χ3v) is 9.79. The number of aromatic hydroxyl groups is 2. The van der Waals surface area contributed by atoms with Crippen LogP contribution in [0, 0.1) is 0 Å². The van der Waals surface area contributed by atoms with Crippen LogP contribution in [0.3, 0.4) is 0 Å². The highest BCUT2D eigenvalue weighted by atomic mass is 16.6. The van der Waals surface area contributed by atoms with Crippen molar-refractivity contribution in [1.29, 1.82) is 0 Å². The first kappa shape index (κ1) is 28.8. The molecule has 46 heavy (non-hydrogen) atoms. The Morgan fingerprint density at radius 1 is 0.957 bits per heavy atom. The van der Waals surface area contributed by atoms with E-state index in [-0.39, 0.29) is 23.5 Å². The van der Waals surface area contributed by atoms with Crippen LogP contribution in [0.4, 0.5) is 0 Å². The predicted molar refractivity (Wildman–Crippen MR) is 176 cm³/mol. The molecule has 0 bridgehead atoms. The molecule has 8 rings (SSSR count). The SMILES string of the molecule is CNCO[C@@H]1Cc2c3c(c4c(c2O[C@@H]1c1ccc(O)c(OC)c1)CCCO4)-c1ccc(O)cc1[C@H](Cc1ccc2[nH]ccc2c1)C3. The summed E-state index contributed by atoms with van der Waals surface area (Å²) in [5.41, 5.74) is 10.2. The lowest BCUT2D eigenvalue weighted by Crippen LogP contribution is -2.37. The minimum Gasteiger partial charge on any atom is -0.508 e. The highest BCUT2D eigenvalue weighted by molar-refractivity contribution is 5.85. The molecule has 8 nitrogen and oxygen atoms in total. The first-order chi connectivity index (χ1) is 22.5. The maximum absolute atomic E-state index is 10.7. The van der Waals surface area contributed by atoms with E-state index in [9.17, 15) is 10.2 Å². The highest BCUT2D eigenvalue weighted by Crippen LogP contribution is 2.55. The number of aromatic amines is 1. The fourth-order valence-corrected chi connectivity index (χ4v) is 7.71. The third kappa shape index (κ3) is 4.84. The maximum atomic E-state index is 10.7. The average molecular weight is 619 g/mol. The van der Waals surface area contributed by atoms with E-state index in [1.165, 1.54) is 22.1 Å². The van der Waals surface area contributed by atoms with Crippen LogP contribution in [0.2, 0.25) is 0 Å². The maximum Gasteiger partial charge on any atom is 0.160 e. The lowest BCUT2D eigenvalue weighted by Gasteiger charge is -2.40. The summed E-state index contributed by atoms with van der Waals surface area (Å²) in [6.45, 7) is 1.02. The van der Waals surface area contributed by atoms with Gasteiger partial charge in [0.1, 0.15) is 23.4 Å². The molecule has 1 aromatic heterocycles. The summed E-state index contributed by atoms with van der Waals surface area (Å²) in [6, 6.07) is 19.9. The van der Waals surface area contributed by atoms with Crippen molar-refractivity contribution in [2.24, 2.45) is 0 Å². The van der Waals surface area contributed by atoms with Gasteiger partial charge in [0.15, 0.2) is 17.6 Å². The van der Waals surface area contributed by atoms with Crippen LogP contribution in [-0.2, 0) is 30.4 Å². The van der Waals surface area contributed by atoms with E-state index in [1.54, 1.807) is 19.2 Å². The van der Waals surface area contributed by atoms with Gasteiger partial charge in [-0.25, -0.2) is 0 Å². The van der Waals surface area contributed by atoms with Gasteiger partial charge in [-0.3, -0.25) is 5.32 Å². The summed E-state index contributed by atoms with van der Waals surface area (Å²) in [5.74, 6) is 2.70. The van der Waals surface area contributed by atoms with Crippen LogP contribution < -0.4 is 19.5 Å². The third-order valence-electron chi connectivity index (χ3n) is 9.79. The van der Waals surface area contributed by atoms with Gasteiger partial charge in [-0.1, -0.05) is 18.2 Å². The van der Waals surface area contributed by atoms with Crippen molar-refractivity contribution in [3.8, 4) is 39.9 Å². The molecule has 1 aliphatic carbocycles. The van der Waals surface area contributed by atoms with Gasteiger partial charge >= 0.3 is 0 Å². The second kappa shape index (κ2) is 11.6. The van der Waals surface area contributed by atoms with Gasteiger partial charge in [-0.2, -0.15) is 0 Å². The molecule has 5 aromatic rings. The number of nitrogens with one attached hydrogen (secondary N) is 2. The number of phenolic OH excluding ortho intramolecular Hbond substituents is 2. The normalized spacial score (nSPS) is 19.7. The highest BCUT2D eigenvalue weighted by Gasteiger charge is 2.41. The number of phenols is 2. The summed E-state index contributed by atoms with van der Waals surface area (Å²) in [5, 5.41) is 25.3. The number of benzene rings is 4. The average Bonchev–Trinajstić information content (AvgIpc) is 3.55. The quantitative estimate of drug-likeness (QED) is 0.151. The molecule has 0 amide bonds. The zero-order valence-electron chi connectivity index (χ0n) is 26.1. The number of hydrogen-bond donors (Lipinski definition) is 4. The van der Waals surface area contributed by atoms with Gasteiger partial charge in [0.05, 0.1) is 20.4 Å². The van der Waals surface area contributed by atoms with Gasteiger partial charge in [0.2, 0.25) is 0 Å². The van der Waals surface area contributed by atoms with E-state index >= 15 is 0 Å². The largest absolute Gasteiger partial charge is 0.508 e. The molecule has 3 heterocycles. The summed E-state index contributed by atoms with van der Waals surface area (Å²) in [6.07, 6.45) is 5.33. The van der Waals surface area contributed by atoms with Crippen molar-refractivity contribution in [3.63, 3.8) is 0 Å². The Kier molecular flexibility index (Phi) is 7.26. The van der Waals surface area contributed by atoms with Gasteiger partial charge in [-0.05, 0) is 114 Å². The molecule has 0 unspecified atom stereocenters. The number of hydrogen-bond acceptors (Lipinski definition) is 7. The Morgan fingerprint density at radius 2 is 1.87 bits per heavy atom. The molecule has 236 valence electrons. The zero-order valence-corrected chi connectivity index (χ0v) is 26.1. The molecule has 3 atom stereocenters. The molecule has 0 spiro atoms. The molecule has 0 saturated heterocycles. The number of methoxy groups -OCH3 is 1. The number of fused-ring (bicyclic) bond motifs is 9. The van der Waals surface area contributed by atoms with E-state index in [2.05, 4.69) is 40.6 Å². The van der Waals surface area contributed by atoms with E-state index in [1.807, 2.05) is 31.4 Å². The predicted octanol–water partition coefficient (Wildman–Crippen LogP) is 6.70. The van der Waals surface area contributed by atoms with Crippen LogP contribution in [0.15, 0.2) is 66.9 Å². The molecule has 3 aliphatic rings. The summed E-state index contributed by atoms with van der Waals surface area (Å²) in [7, 11) is 3.42. The van der Waals surface area contributed by atoms with Crippen LogP contribution in [-0.4, -0.2) is 48.8 Å². The molecule has 2 aliphatic heterocycles.